The Morgan fingerprint density at radius 3 is 2.44 bits per heavy atom. The summed E-state index contributed by atoms with van der Waals surface area (Å²) in [5, 5.41) is 0.672. The molecule has 1 aromatic rings. The first-order valence-corrected chi connectivity index (χ1v) is 6.05. The number of carbonyl (C=O) groups excluding carboxylic acids is 1. The van der Waals surface area contributed by atoms with Gasteiger partial charge < -0.3 is 10.6 Å². The molecular weight excluding hydrogens is 271 g/mol. The molecule has 0 saturated heterocycles. The fraction of sp³-hybridized carbons (Fsp3) is 0.462. The van der Waals surface area contributed by atoms with Crippen LogP contribution in [-0.2, 0) is 11.3 Å². The Morgan fingerprint density at radius 2 is 1.94 bits per heavy atom. The number of nitrogens with two attached hydrogens (primary N) is 1. The van der Waals surface area contributed by atoms with Crippen molar-refractivity contribution in [3.8, 4) is 0 Å². The van der Waals surface area contributed by atoms with Crippen molar-refractivity contribution in [2.75, 3.05) is 7.05 Å². The number of rotatable bonds is 4. The summed E-state index contributed by atoms with van der Waals surface area (Å²) in [6.07, 6.45) is 0. The van der Waals surface area contributed by atoms with Crippen LogP contribution in [0.5, 0.6) is 0 Å². The van der Waals surface area contributed by atoms with Gasteiger partial charge in [0, 0.05) is 18.6 Å². The average Bonchev–Trinajstić information content (AvgIpc) is 2.30. The molecule has 1 amide bonds. The molecule has 0 fully saturated rings. The van der Waals surface area contributed by atoms with E-state index in [0.717, 1.165) is 5.56 Å². The number of likely N-dealkylation sites (N-methyl/N-ethyl adjacent to an activating group) is 1. The molecule has 0 aromatic heterocycles. The van der Waals surface area contributed by atoms with E-state index in [4.69, 9.17) is 17.3 Å². The SMILES string of the molecule is CC(C)[C@@H](N)C(=O)N(C)Cc1ccccc1Cl.Cl. The van der Waals surface area contributed by atoms with Crippen LogP contribution in [0.4, 0.5) is 0 Å². The van der Waals surface area contributed by atoms with Crippen molar-refractivity contribution in [2.24, 2.45) is 11.7 Å². The third-order valence-electron chi connectivity index (χ3n) is 2.74. The van der Waals surface area contributed by atoms with Gasteiger partial charge in [0.1, 0.15) is 0 Å². The van der Waals surface area contributed by atoms with Gasteiger partial charge in [0.25, 0.3) is 0 Å². The minimum atomic E-state index is -0.456. The molecule has 0 radical (unpaired) electrons. The molecule has 18 heavy (non-hydrogen) atoms. The van der Waals surface area contributed by atoms with Gasteiger partial charge in [-0.2, -0.15) is 0 Å². The molecule has 0 bridgehead atoms. The third kappa shape index (κ3) is 4.48. The number of hydrogen-bond donors (Lipinski definition) is 1. The first kappa shape index (κ1) is 17.2. The van der Waals surface area contributed by atoms with Crippen LogP contribution in [0.25, 0.3) is 0 Å². The second kappa shape index (κ2) is 7.62. The predicted octanol–water partition coefficient (Wildman–Crippen LogP) is 2.70. The van der Waals surface area contributed by atoms with Gasteiger partial charge in [-0.1, -0.05) is 43.6 Å². The summed E-state index contributed by atoms with van der Waals surface area (Å²) >= 11 is 6.05. The second-order valence-electron chi connectivity index (χ2n) is 4.56. The van der Waals surface area contributed by atoms with Gasteiger partial charge in [-0.15, -0.1) is 12.4 Å². The van der Waals surface area contributed by atoms with Crippen LogP contribution < -0.4 is 5.73 Å². The van der Waals surface area contributed by atoms with Crippen LogP contribution in [0.3, 0.4) is 0 Å². The Bertz CT molecular complexity index is 396. The van der Waals surface area contributed by atoms with Gasteiger partial charge in [-0.3, -0.25) is 4.79 Å². The maximum atomic E-state index is 12.0. The van der Waals surface area contributed by atoms with Gasteiger partial charge >= 0.3 is 0 Å². The Hall–Kier alpha value is -0.770. The Morgan fingerprint density at radius 1 is 1.39 bits per heavy atom. The topological polar surface area (TPSA) is 46.3 Å². The van der Waals surface area contributed by atoms with E-state index in [9.17, 15) is 4.79 Å². The van der Waals surface area contributed by atoms with Crippen molar-refractivity contribution in [2.45, 2.75) is 26.4 Å². The molecule has 0 saturated carbocycles. The van der Waals surface area contributed by atoms with Crippen LogP contribution in [0, 0.1) is 5.92 Å². The van der Waals surface area contributed by atoms with E-state index in [2.05, 4.69) is 0 Å². The van der Waals surface area contributed by atoms with E-state index in [1.165, 1.54) is 0 Å². The molecule has 0 aliphatic heterocycles. The maximum Gasteiger partial charge on any atom is 0.239 e. The van der Waals surface area contributed by atoms with Gasteiger partial charge in [-0.05, 0) is 17.5 Å². The zero-order valence-electron chi connectivity index (χ0n) is 10.9. The maximum absolute atomic E-state index is 12.0. The summed E-state index contributed by atoms with van der Waals surface area (Å²) in [6, 6.07) is 7.04. The van der Waals surface area contributed by atoms with Crippen molar-refractivity contribution in [1.29, 1.82) is 0 Å². The summed E-state index contributed by atoms with van der Waals surface area (Å²) < 4.78 is 0. The standard InChI is InChI=1S/C13H19ClN2O.ClH/c1-9(2)12(15)13(17)16(3)8-10-6-4-5-7-11(10)14;/h4-7,9,12H,8,15H2,1-3H3;1H/t12-;/m1./s1. The molecule has 1 aromatic carbocycles. The smallest absolute Gasteiger partial charge is 0.239 e. The first-order valence-electron chi connectivity index (χ1n) is 5.67. The molecule has 3 nitrogen and oxygen atoms in total. The molecule has 0 spiro atoms. The second-order valence-corrected chi connectivity index (χ2v) is 4.96. The van der Waals surface area contributed by atoms with Crippen molar-refractivity contribution >= 4 is 29.9 Å². The highest BCUT2D eigenvalue weighted by atomic mass is 35.5. The van der Waals surface area contributed by atoms with Crippen LogP contribution in [0.2, 0.25) is 5.02 Å². The van der Waals surface area contributed by atoms with Crippen molar-refractivity contribution < 1.29 is 4.79 Å². The number of hydrogen-bond acceptors (Lipinski definition) is 2. The summed E-state index contributed by atoms with van der Waals surface area (Å²) in [5.74, 6) is 0.0797. The zero-order valence-corrected chi connectivity index (χ0v) is 12.5. The van der Waals surface area contributed by atoms with Crippen molar-refractivity contribution in [3.05, 3.63) is 34.9 Å². The lowest BCUT2D eigenvalue weighted by molar-refractivity contribution is -0.132. The summed E-state index contributed by atoms with van der Waals surface area (Å²) in [5.41, 5.74) is 6.76. The highest BCUT2D eigenvalue weighted by molar-refractivity contribution is 6.31. The number of amides is 1. The molecule has 2 N–H and O–H groups in total. The van der Waals surface area contributed by atoms with Crippen LogP contribution in [-0.4, -0.2) is 23.9 Å². The van der Waals surface area contributed by atoms with E-state index >= 15 is 0 Å². The minimum Gasteiger partial charge on any atom is -0.340 e. The normalized spacial score (nSPS) is 11.9. The molecule has 1 atom stereocenters. The largest absolute Gasteiger partial charge is 0.340 e. The molecule has 0 aliphatic carbocycles. The summed E-state index contributed by atoms with van der Waals surface area (Å²) in [6.45, 7) is 4.36. The van der Waals surface area contributed by atoms with Gasteiger partial charge in [0.15, 0.2) is 0 Å². The molecular formula is C13H20Cl2N2O. The van der Waals surface area contributed by atoms with E-state index in [0.29, 0.717) is 11.6 Å². The fourth-order valence-corrected chi connectivity index (χ4v) is 1.70. The quantitative estimate of drug-likeness (QED) is 0.927. The summed E-state index contributed by atoms with van der Waals surface area (Å²) in [7, 11) is 1.74. The van der Waals surface area contributed by atoms with E-state index in [1.807, 2.05) is 38.1 Å². The van der Waals surface area contributed by atoms with Gasteiger partial charge in [0.05, 0.1) is 6.04 Å². The van der Waals surface area contributed by atoms with Crippen LogP contribution in [0.1, 0.15) is 19.4 Å². The third-order valence-corrected chi connectivity index (χ3v) is 3.11. The monoisotopic (exact) mass is 290 g/mol. The number of benzene rings is 1. The van der Waals surface area contributed by atoms with E-state index in [-0.39, 0.29) is 24.2 Å². The first-order chi connectivity index (χ1) is 7.93. The van der Waals surface area contributed by atoms with Crippen molar-refractivity contribution in [1.82, 2.24) is 4.90 Å². The minimum absolute atomic E-state index is 0. The lowest BCUT2D eigenvalue weighted by atomic mass is 10.0. The Balaban J connectivity index is 0.00000289. The number of nitrogens with zero attached hydrogens (tertiary/aromatic N) is 1. The predicted molar refractivity (Wildman–Crippen MR) is 78.0 cm³/mol. The molecule has 5 heteroatoms. The van der Waals surface area contributed by atoms with E-state index in [1.54, 1.807) is 11.9 Å². The molecule has 0 heterocycles. The van der Waals surface area contributed by atoms with Crippen LogP contribution >= 0.6 is 24.0 Å². The Labute approximate surface area is 120 Å². The zero-order chi connectivity index (χ0) is 13.0. The lowest BCUT2D eigenvalue weighted by Crippen LogP contribution is -2.44. The molecule has 102 valence electrons. The highest BCUT2D eigenvalue weighted by Gasteiger charge is 2.21. The number of carbonyl (C=O) groups is 1. The van der Waals surface area contributed by atoms with Crippen LogP contribution in [0.15, 0.2) is 24.3 Å². The fourth-order valence-electron chi connectivity index (χ4n) is 1.50. The highest BCUT2D eigenvalue weighted by Crippen LogP contribution is 2.17. The van der Waals surface area contributed by atoms with Crippen molar-refractivity contribution in [3.63, 3.8) is 0 Å². The average molecular weight is 291 g/mol. The lowest BCUT2D eigenvalue weighted by Gasteiger charge is -2.23. The number of halogens is 2. The molecule has 0 aliphatic rings. The van der Waals surface area contributed by atoms with Gasteiger partial charge in [0.2, 0.25) is 5.91 Å². The molecule has 0 unspecified atom stereocenters. The van der Waals surface area contributed by atoms with Gasteiger partial charge in [-0.25, -0.2) is 0 Å². The Kier molecular flexibility index (Phi) is 7.29. The molecule has 1 rings (SSSR count). The van der Waals surface area contributed by atoms with E-state index < -0.39 is 6.04 Å². The summed E-state index contributed by atoms with van der Waals surface area (Å²) in [4.78, 5) is 13.6.